The lowest BCUT2D eigenvalue weighted by Gasteiger charge is -2.18. The van der Waals surface area contributed by atoms with Crippen LogP contribution in [-0.2, 0) is 16.4 Å². The van der Waals surface area contributed by atoms with E-state index in [0.29, 0.717) is 17.8 Å². The number of benzene rings is 2. The number of hydrogen-bond acceptors (Lipinski definition) is 4. The van der Waals surface area contributed by atoms with E-state index >= 15 is 0 Å². The molecular formula is C21H21FN2O3S2. The molecule has 0 unspecified atom stereocenters. The molecule has 3 rings (SSSR count). The number of carbonyl (C=O) groups is 1. The fourth-order valence-corrected chi connectivity index (χ4v) is 5.11. The summed E-state index contributed by atoms with van der Waals surface area (Å²) in [5.41, 5.74) is 1.95. The average Bonchev–Trinajstić information content (AvgIpc) is 3.28. The van der Waals surface area contributed by atoms with Crippen LogP contribution < -0.4 is 9.62 Å². The molecule has 1 N–H and O–H groups in total. The molecule has 0 saturated carbocycles. The fourth-order valence-electron chi connectivity index (χ4n) is 2.75. The highest BCUT2D eigenvalue weighted by molar-refractivity contribution is 7.94. The zero-order chi connectivity index (χ0) is 20.9. The first-order valence-corrected chi connectivity index (χ1v) is 11.3. The van der Waals surface area contributed by atoms with Crippen molar-refractivity contribution in [3.8, 4) is 0 Å². The number of thiophene rings is 1. The lowest BCUT2D eigenvalue weighted by Crippen LogP contribution is -2.26. The second-order valence-corrected chi connectivity index (χ2v) is 9.58. The number of nitrogens with one attached hydrogen (secondary N) is 1. The molecule has 152 valence electrons. The minimum absolute atomic E-state index is 0.223. The van der Waals surface area contributed by atoms with Gasteiger partial charge in [0.1, 0.15) is 10.0 Å². The first-order chi connectivity index (χ1) is 13.9. The van der Waals surface area contributed by atoms with Crippen molar-refractivity contribution < 1.29 is 17.6 Å². The van der Waals surface area contributed by atoms with Crippen molar-refractivity contribution in [2.24, 2.45) is 0 Å². The van der Waals surface area contributed by atoms with Gasteiger partial charge in [-0.25, -0.2) is 12.8 Å². The second-order valence-electron chi connectivity index (χ2n) is 6.44. The molecule has 29 heavy (non-hydrogen) atoms. The summed E-state index contributed by atoms with van der Waals surface area (Å²) < 4.78 is 39.5. The monoisotopic (exact) mass is 432 g/mol. The maximum absolute atomic E-state index is 12.9. The summed E-state index contributed by atoms with van der Waals surface area (Å²) in [5.74, 6) is -0.487. The van der Waals surface area contributed by atoms with Crippen LogP contribution in [0.2, 0.25) is 0 Å². The predicted molar refractivity (Wildman–Crippen MR) is 113 cm³/mol. The first kappa shape index (κ1) is 21.0. The van der Waals surface area contributed by atoms with Gasteiger partial charge in [0.2, 0.25) is 0 Å². The highest BCUT2D eigenvalue weighted by Gasteiger charge is 2.22. The minimum atomic E-state index is -3.60. The van der Waals surface area contributed by atoms with Crippen LogP contribution in [0.4, 0.5) is 10.1 Å². The number of halogens is 1. The molecule has 0 aliphatic carbocycles. The van der Waals surface area contributed by atoms with Crippen LogP contribution in [0, 0.1) is 5.82 Å². The van der Waals surface area contributed by atoms with Gasteiger partial charge in [-0.2, -0.15) is 0 Å². The van der Waals surface area contributed by atoms with Gasteiger partial charge in [-0.05, 0) is 66.2 Å². The molecule has 1 heterocycles. The molecule has 2 aromatic carbocycles. The van der Waals surface area contributed by atoms with E-state index in [1.807, 2.05) is 0 Å². The summed E-state index contributed by atoms with van der Waals surface area (Å²) in [6, 6.07) is 16.0. The van der Waals surface area contributed by atoms with E-state index in [0.717, 1.165) is 29.7 Å². The molecule has 0 aliphatic heterocycles. The number of nitrogens with zero attached hydrogens (tertiary/aromatic N) is 1. The summed E-state index contributed by atoms with van der Waals surface area (Å²) in [6.07, 6.45) is 1.47. The van der Waals surface area contributed by atoms with Crippen molar-refractivity contribution in [1.29, 1.82) is 0 Å². The third kappa shape index (κ3) is 5.21. The highest BCUT2D eigenvalue weighted by Crippen LogP contribution is 2.25. The third-order valence-corrected chi connectivity index (χ3v) is 7.60. The minimum Gasteiger partial charge on any atom is -0.352 e. The molecule has 1 aromatic heterocycles. The summed E-state index contributed by atoms with van der Waals surface area (Å²) in [4.78, 5) is 12.3. The van der Waals surface area contributed by atoms with Crippen LogP contribution in [0.1, 0.15) is 22.3 Å². The standard InChI is InChI=1S/C21H21FN2O3S2/c1-24(29(26,27)20-5-3-15-28-20)19-12-8-17(9-13-19)21(25)23-14-2-4-16-6-10-18(22)11-7-16/h3,5-13,15H,2,4,14H2,1H3,(H,23,25). The molecule has 0 aliphatic rings. The van der Waals surface area contributed by atoms with Gasteiger partial charge in [-0.1, -0.05) is 18.2 Å². The van der Waals surface area contributed by atoms with E-state index in [-0.39, 0.29) is 15.9 Å². The zero-order valence-corrected chi connectivity index (χ0v) is 17.5. The number of anilines is 1. The van der Waals surface area contributed by atoms with Crippen LogP contribution >= 0.6 is 11.3 Å². The lowest BCUT2D eigenvalue weighted by atomic mass is 10.1. The molecule has 0 saturated heterocycles. The molecule has 0 atom stereocenters. The zero-order valence-electron chi connectivity index (χ0n) is 15.8. The van der Waals surface area contributed by atoms with Crippen LogP contribution in [-0.4, -0.2) is 27.9 Å². The van der Waals surface area contributed by atoms with Crippen LogP contribution in [0.5, 0.6) is 0 Å². The van der Waals surface area contributed by atoms with Crippen molar-refractivity contribution in [2.45, 2.75) is 17.1 Å². The second kappa shape index (κ2) is 9.19. The molecule has 3 aromatic rings. The van der Waals surface area contributed by atoms with Gasteiger partial charge in [-0.3, -0.25) is 9.10 Å². The Morgan fingerprint density at radius 3 is 2.38 bits per heavy atom. The Balaban J connectivity index is 1.54. The SMILES string of the molecule is CN(c1ccc(C(=O)NCCCc2ccc(F)cc2)cc1)S(=O)(=O)c1cccs1. The number of hydrogen-bond donors (Lipinski definition) is 1. The topological polar surface area (TPSA) is 66.5 Å². The molecule has 5 nitrogen and oxygen atoms in total. The Labute approximate surface area is 173 Å². The highest BCUT2D eigenvalue weighted by atomic mass is 32.2. The number of aryl methyl sites for hydroxylation is 1. The normalized spacial score (nSPS) is 11.2. The Morgan fingerprint density at radius 2 is 1.76 bits per heavy atom. The summed E-state index contributed by atoms with van der Waals surface area (Å²) in [7, 11) is -2.11. The molecule has 1 amide bonds. The van der Waals surface area contributed by atoms with Crippen molar-refractivity contribution in [3.63, 3.8) is 0 Å². The number of sulfonamides is 1. The van der Waals surface area contributed by atoms with Crippen molar-refractivity contribution in [3.05, 3.63) is 83.0 Å². The van der Waals surface area contributed by atoms with E-state index in [9.17, 15) is 17.6 Å². The van der Waals surface area contributed by atoms with Gasteiger partial charge in [0.05, 0.1) is 5.69 Å². The largest absolute Gasteiger partial charge is 0.352 e. The maximum Gasteiger partial charge on any atom is 0.273 e. The summed E-state index contributed by atoms with van der Waals surface area (Å²) in [6.45, 7) is 0.491. The average molecular weight is 433 g/mol. The predicted octanol–water partition coefficient (Wildman–Crippen LogP) is 4.07. The lowest BCUT2D eigenvalue weighted by molar-refractivity contribution is 0.0953. The van der Waals surface area contributed by atoms with Gasteiger partial charge in [0.25, 0.3) is 15.9 Å². The van der Waals surface area contributed by atoms with E-state index < -0.39 is 10.0 Å². The van der Waals surface area contributed by atoms with Crippen LogP contribution in [0.25, 0.3) is 0 Å². The third-order valence-electron chi connectivity index (χ3n) is 4.44. The number of amides is 1. The van der Waals surface area contributed by atoms with Gasteiger partial charge >= 0.3 is 0 Å². The van der Waals surface area contributed by atoms with E-state index in [4.69, 9.17) is 0 Å². The summed E-state index contributed by atoms with van der Waals surface area (Å²) in [5, 5.41) is 4.55. The van der Waals surface area contributed by atoms with E-state index in [2.05, 4.69) is 5.32 Å². The van der Waals surface area contributed by atoms with Gasteiger partial charge in [-0.15, -0.1) is 11.3 Å². The number of carbonyl (C=O) groups excluding carboxylic acids is 1. The Bertz CT molecular complexity index is 1050. The van der Waals surface area contributed by atoms with E-state index in [1.54, 1.807) is 53.9 Å². The molecule has 0 bridgehead atoms. The summed E-state index contributed by atoms with van der Waals surface area (Å²) >= 11 is 1.16. The van der Waals surface area contributed by atoms with E-state index in [1.165, 1.54) is 23.5 Å². The molecule has 0 radical (unpaired) electrons. The smallest absolute Gasteiger partial charge is 0.273 e. The van der Waals surface area contributed by atoms with Crippen LogP contribution in [0.15, 0.2) is 70.3 Å². The van der Waals surface area contributed by atoms with Crippen molar-refractivity contribution in [2.75, 3.05) is 17.9 Å². The quantitative estimate of drug-likeness (QED) is 0.546. The molecule has 0 spiro atoms. The Morgan fingerprint density at radius 1 is 1.07 bits per heavy atom. The first-order valence-electron chi connectivity index (χ1n) is 9.03. The number of rotatable bonds is 8. The fraction of sp³-hybridized carbons (Fsp3) is 0.190. The van der Waals surface area contributed by atoms with Gasteiger partial charge in [0, 0.05) is 19.2 Å². The Kier molecular flexibility index (Phi) is 6.66. The molecule has 0 fully saturated rings. The van der Waals surface area contributed by atoms with Crippen molar-refractivity contribution >= 4 is 33.0 Å². The van der Waals surface area contributed by atoms with Crippen molar-refractivity contribution in [1.82, 2.24) is 5.32 Å². The molecular weight excluding hydrogens is 411 g/mol. The van der Waals surface area contributed by atoms with Crippen LogP contribution in [0.3, 0.4) is 0 Å². The molecule has 8 heteroatoms. The van der Waals surface area contributed by atoms with Gasteiger partial charge in [0.15, 0.2) is 0 Å². The Hall–Kier alpha value is -2.71. The maximum atomic E-state index is 12.9. The van der Waals surface area contributed by atoms with Gasteiger partial charge < -0.3 is 5.32 Å².